The van der Waals surface area contributed by atoms with Gasteiger partial charge in [0.2, 0.25) is 0 Å². The molecule has 0 saturated carbocycles. The maximum atomic E-state index is 12.6. The van der Waals surface area contributed by atoms with Crippen LogP contribution in [-0.4, -0.2) is 39.7 Å². The van der Waals surface area contributed by atoms with E-state index in [9.17, 15) is 8.42 Å². The van der Waals surface area contributed by atoms with Crippen LogP contribution in [0.25, 0.3) is 0 Å². The summed E-state index contributed by atoms with van der Waals surface area (Å²) in [6.45, 7) is 6.63. The van der Waals surface area contributed by atoms with Crippen molar-refractivity contribution >= 4 is 21.5 Å². The van der Waals surface area contributed by atoms with E-state index in [-0.39, 0.29) is 4.90 Å². The molecule has 0 saturated heterocycles. The summed E-state index contributed by atoms with van der Waals surface area (Å²) in [7, 11) is -3.73. The van der Waals surface area contributed by atoms with Crippen molar-refractivity contribution in [2.24, 2.45) is 0 Å². The normalized spacial score (nSPS) is 13.4. The third-order valence-electron chi connectivity index (χ3n) is 3.91. The van der Waals surface area contributed by atoms with Gasteiger partial charge in [0.1, 0.15) is 19.0 Å². The number of hydrogen-bond donors (Lipinski definition) is 1. The van der Waals surface area contributed by atoms with Crippen molar-refractivity contribution in [1.82, 2.24) is 4.98 Å². The van der Waals surface area contributed by atoms with E-state index in [0.717, 1.165) is 18.9 Å². The Morgan fingerprint density at radius 1 is 1.08 bits per heavy atom. The van der Waals surface area contributed by atoms with E-state index < -0.39 is 10.0 Å². The lowest BCUT2D eigenvalue weighted by atomic mass is 10.3. The number of benzene rings is 1. The SMILES string of the molecule is CCN(CC)c1ccc(NS(=O)(=O)c2ccc3c(c2)OCCO3)cn1. The number of fused-ring (bicyclic) bond motifs is 1. The molecule has 1 aliphatic heterocycles. The molecule has 134 valence electrons. The predicted molar refractivity (Wildman–Crippen MR) is 96.0 cm³/mol. The molecule has 0 atom stereocenters. The van der Waals surface area contributed by atoms with Crippen molar-refractivity contribution in [3.63, 3.8) is 0 Å². The molecule has 1 aromatic heterocycles. The first-order valence-electron chi connectivity index (χ1n) is 8.17. The Balaban J connectivity index is 1.79. The third kappa shape index (κ3) is 3.79. The van der Waals surface area contributed by atoms with E-state index in [4.69, 9.17) is 9.47 Å². The molecule has 7 nitrogen and oxygen atoms in total. The van der Waals surface area contributed by atoms with E-state index in [1.165, 1.54) is 18.3 Å². The maximum Gasteiger partial charge on any atom is 0.262 e. The number of hydrogen-bond acceptors (Lipinski definition) is 6. The van der Waals surface area contributed by atoms with Crippen LogP contribution in [0, 0.1) is 0 Å². The molecule has 8 heteroatoms. The van der Waals surface area contributed by atoms with Gasteiger partial charge < -0.3 is 14.4 Å². The summed E-state index contributed by atoms with van der Waals surface area (Å²) in [5.74, 6) is 1.80. The first kappa shape index (κ1) is 17.3. The van der Waals surface area contributed by atoms with Crippen LogP contribution in [0.3, 0.4) is 0 Å². The van der Waals surface area contributed by atoms with Crippen LogP contribution in [0.15, 0.2) is 41.4 Å². The van der Waals surface area contributed by atoms with Crippen molar-refractivity contribution in [3.8, 4) is 11.5 Å². The lowest BCUT2D eigenvalue weighted by Crippen LogP contribution is -2.23. The Morgan fingerprint density at radius 2 is 1.80 bits per heavy atom. The highest BCUT2D eigenvalue weighted by Gasteiger charge is 2.19. The van der Waals surface area contributed by atoms with Crippen molar-refractivity contribution in [2.75, 3.05) is 35.9 Å². The van der Waals surface area contributed by atoms with E-state index in [1.807, 2.05) is 13.8 Å². The molecule has 0 unspecified atom stereocenters. The van der Waals surface area contributed by atoms with Crippen LogP contribution < -0.4 is 19.1 Å². The van der Waals surface area contributed by atoms with E-state index in [1.54, 1.807) is 18.2 Å². The van der Waals surface area contributed by atoms with Crippen molar-refractivity contribution < 1.29 is 17.9 Å². The minimum atomic E-state index is -3.73. The molecule has 0 spiro atoms. The average Bonchev–Trinajstić information content (AvgIpc) is 2.63. The highest BCUT2D eigenvalue weighted by Crippen LogP contribution is 2.32. The van der Waals surface area contributed by atoms with Gasteiger partial charge in [-0.1, -0.05) is 0 Å². The lowest BCUT2D eigenvalue weighted by Gasteiger charge is -2.20. The molecule has 1 aromatic carbocycles. The highest BCUT2D eigenvalue weighted by atomic mass is 32.2. The van der Waals surface area contributed by atoms with Gasteiger partial charge in [-0.3, -0.25) is 4.72 Å². The number of sulfonamides is 1. The first-order valence-corrected chi connectivity index (χ1v) is 9.65. The summed E-state index contributed by atoms with van der Waals surface area (Å²) in [5.41, 5.74) is 0.408. The van der Waals surface area contributed by atoms with Gasteiger partial charge in [0.15, 0.2) is 11.5 Å². The Labute approximate surface area is 147 Å². The summed E-state index contributed by atoms with van der Waals surface area (Å²) in [6.07, 6.45) is 1.52. The largest absolute Gasteiger partial charge is 0.486 e. The number of pyridine rings is 1. The zero-order valence-electron chi connectivity index (χ0n) is 14.2. The minimum absolute atomic E-state index is 0.115. The fourth-order valence-electron chi connectivity index (χ4n) is 2.59. The van der Waals surface area contributed by atoms with Crippen LogP contribution in [0.1, 0.15) is 13.8 Å². The molecule has 0 radical (unpaired) electrons. The van der Waals surface area contributed by atoms with Gasteiger partial charge in [-0.05, 0) is 38.1 Å². The molecule has 1 aliphatic rings. The van der Waals surface area contributed by atoms with Crippen molar-refractivity contribution in [1.29, 1.82) is 0 Å². The Morgan fingerprint density at radius 3 is 2.44 bits per heavy atom. The topological polar surface area (TPSA) is 80.8 Å². The Kier molecular flexibility index (Phi) is 4.98. The molecular formula is C17H21N3O4S. The summed E-state index contributed by atoms with van der Waals surface area (Å²) < 4.78 is 38.5. The van der Waals surface area contributed by atoms with Gasteiger partial charge in [-0.15, -0.1) is 0 Å². The molecular weight excluding hydrogens is 342 g/mol. The van der Waals surface area contributed by atoms with Crippen LogP contribution in [0.5, 0.6) is 11.5 Å². The molecule has 0 aliphatic carbocycles. The highest BCUT2D eigenvalue weighted by molar-refractivity contribution is 7.92. The lowest BCUT2D eigenvalue weighted by molar-refractivity contribution is 0.171. The van der Waals surface area contributed by atoms with Gasteiger partial charge in [-0.2, -0.15) is 0 Å². The van der Waals surface area contributed by atoms with Crippen molar-refractivity contribution in [2.45, 2.75) is 18.7 Å². The van der Waals surface area contributed by atoms with Crippen LogP contribution >= 0.6 is 0 Å². The molecule has 0 bridgehead atoms. The molecule has 2 heterocycles. The number of nitrogens with zero attached hydrogens (tertiary/aromatic N) is 2. The monoisotopic (exact) mass is 363 g/mol. The summed E-state index contributed by atoms with van der Waals surface area (Å²) in [6, 6.07) is 8.07. The zero-order valence-corrected chi connectivity index (χ0v) is 15.0. The van der Waals surface area contributed by atoms with Crippen molar-refractivity contribution in [3.05, 3.63) is 36.5 Å². The van der Waals surface area contributed by atoms with Crippen LogP contribution in [0.2, 0.25) is 0 Å². The predicted octanol–water partition coefficient (Wildman–Crippen LogP) is 2.50. The van der Waals surface area contributed by atoms with Gasteiger partial charge in [0.25, 0.3) is 10.0 Å². The average molecular weight is 363 g/mol. The number of aromatic nitrogens is 1. The van der Waals surface area contributed by atoms with Gasteiger partial charge >= 0.3 is 0 Å². The van der Waals surface area contributed by atoms with Gasteiger partial charge in [0.05, 0.1) is 16.8 Å². The standard InChI is InChI=1S/C17H21N3O4S/c1-3-20(4-2)17-8-5-13(12-18-17)19-25(21,22)14-6-7-15-16(11-14)24-10-9-23-15/h5-8,11-12,19H,3-4,9-10H2,1-2H3. The van der Waals surface area contributed by atoms with E-state index in [2.05, 4.69) is 14.6 Å². The van der Waals surface area contributed by atoms with Gasteiger partial charge in [-0.25, -0.2) is 13.4 Å². The fourth-order valence-corrected chi connectivity index (χ4v) is 3.64. The third-order valence-corrected chi connectivity index (χ3v) is 5.29. The zero-order chi connectivity index (χ0) is 17.9. The summed E-state index contributed by atoms with van der Waals surface area (Å²) in [4.78, 5) is 6.52. The number of ether oxygens (including phenoxy) is 2. The smallest absolute Gasteiger partial charge is 0.262 e. The molecule has 1 N–H and O–H groups in total. The minimum Gasteiger partial charge on any atom is -0.486 e. The molecule has 25 heavy (non-hydrogen) atoms. The maximum absolute atomic E-state index is 12.6. The molecule has 0 fully saturated rings. The molecule has 3 rings (SSSR count). The first-order chi connectivity index (χ1) is 12.0. The second-order valence-corrected chi connectivity index (χ2v) is 7.17. The molecule has 0 amide bonds. The molecule has 2 aromatic rings. The Bertz CT molecular complexity index is 833. The van der Waals surface area contributed by atoms with Gasteiger partial charge in [0, 0.05) is 19.2 Å². The quantitative estimate of drug-likeness (QED) is 0.849. The number of anilines is 2. The number of rotatable bonds is 6. The van der Waals surface area contributed by atoms with Crippen LogP contribution in [0.4, 0.5) is 11.5 Å². The van der Waals surface area contributed by atoms with E-state index in [0.29, 0.717) is 30.4 Å². The Hall–Kier alpha value is -2.48. The second-order valence-electron chi connectivity index (χ2n) is 5.49. The second kappa shape index (κ2) is 7.18. The van der Waals surface area contributed by atoms with Crippen LogP contribution in [-0.2, 0) is 10.0 Å². The summed E-state index contributed by atoms with van der Waals surface area (Å²) in [5, 5.41) is 0. The number of nitrogens with one attached hydrogen (secondary N) is 1. The summed E-state index contributed by atoms with van der Waals surface area (Å²) >= 11 is 0. The van der Waals surface area contributed by atoms with E-state index >= 15 is 0 Å². The fraction of sp³-hybridized carbons (Fsp3) is 0.353.